The Morgan fingerprint density at radius 3 is 1.98 bits per heavy atom. The summed E-state index contributed by atoms with van der Waals surface area (Å²) in [6.07, 6.45) is 0. The average molecular weight is 602 g/mol. The minimum absolute atomic E-state index is 1.18. The number of hydrogen-bond donors (Lipinski definition) is 0. The number of para-hydroxylation sites is 2. The van der Waals surface area contributed by atoms with Gasteiger partial charge in [-0.3, -0.25) is 0 Å². The lowest BCUT2D eigenvalue weighted by Gasteiger charge is -2.21. The van der Waals surface area contributed by atoms with Gasteiger partial charge in [-0.2, -0.15) is 0 Å². The van der Waals surface area contributed by atoms with Gasteiger partial charge in [-0.05, 0) is 80.6 Å². The molecule has 1 nitrogen and oxygen atoms in total. The van der Waals surface area contributed by atoms with Gasteiger partial charge in [-0.1, -0.05) is 139 Å². The summed E-state index contributed by atoms with van der Waals surface area (Å²) < 4.78 is 2.43. The van der Waals surface area contributed by atoms with E-state index >= 15 is 0 Å². The van der Waals surface area contributed by atoms with E-state index in [9.17, 15) is 0 Å². The van der Waals surface area contributed by atoms with Gasteiger partial charge in [0, 0.05) is 37.0 Å². The molecule has 1 aliphatic heterocycles. The van der Waals surface area contributed by atoms with Crippen LogP contribution in [0.2, 0.25) is 0 Å². The molecule has 0 bridgehead atoms. The molecule has 0 fully saturated rings. The molecule has 9 aromatic rings. The van der Waals surface area contributed by atoms with Crippen LogP contribution >= 0.6 is 11.8 Å². The molecule has 0 unspecified atom stereocenters. The highest BCUT2D eigenvalue weighted by atomic mass is 32.2. The minimum Gasteiger partial charge on any atom is -0.309 e. The third kappa shape index (κ3) is 3.71. The summed E-state index contributed by atoms with van der Waals surface area (Å²) in [5.74, 6) is 0. The van der Waals surface area contributed by atoms with Crippen molar-refractivity contribution in [3.63, 3.8) is 0 Å². The van der Waals surface area contributed by atoms with Crippen molar-refractivity contribution in [2.45, 2.75) is 9.79 Å². The first-order valence-corrected chi connectivity index (χ1v) is 16.6. The third-order valence-corrected chi connectivity index (χ3v) is 10.7. The van der Waals surface area contributed by atoms with Crippen molar-refractivity contribution in [3.8, 4) is 39.1 Å². The zero-order chi connectivity index (χ0) is 30.2. The Morgan fingerprint density at radius 1 is 0.391 bits per heavy atom. The van der Waals surface area contributed by atoms with E-state index in [4.69, 9.17) is 0 Å². The first-order chi connectivity index (χ1) is 22.8. The Kier molecular flexibility index (Phi) is 5.58. The summed E-state index contributed by atoms with van der Waals surface area (Å²) >= 11 is 1.88. The monoisotopic (exact) mass is 601 g/mol. The fourth-order valence-corrected chi connectivity index (χ4v) is 8.73. The van der Waals surface area contributed by atoms with Gasteiger partial charge in [0.2, 0.25) is 0 Å². The fourth-order valence-electron chi connectivity index (χ4n) is 7.60. The Bertz CT molecular complexity index is 2660. The molecule has 0 saturated heterocycles. The molecule has 214 valence electrons. The summed E-state index contributed by atoms with van der Waals surface area (Å²) in [6, 6.07) is 60.2. The van der Waals surface area contributed by atoms with Gasteiger partial charge in [-0.25, -0.2) is 0 Å². The van der Waals surface area contributed by atoms with Crippen LogP contribution in [-0.4, -0.2) is 4.57 Å². The Balaban J connectivity index is 1.21. The summed E-state index contributed by atoms with van der Waals surface area (Å²) in [4.78, 5) is 2.65. The fraction of sp³-hybridized carbons (Fsp3) is 0. The van der Waals surface area contributed by atoms with Gasteiger partial charge in [0.1, 0.15) is 0 Å². The number of fused-ring (bicyclic) bond motifs is 7. The lowest BCUT2D eigenvalue weighted by Crippen LogP contribution is -1.95. The molecule has 46 heavy (non-hydrogen) atoms. The van der Waals surface area contributed by atoms with Crippen molar-refractivity contribution in [3.05, 3.63) is 164 Å². The van der Waals surface area contributed by atoms with Crippen molar-refractivity contribution in [2.75, 3.05) is 0 Å². The molecule has 10 rings (SSSR count). The van der Waals surface area contributed by atoms with Crippen molar-refractivity contribution in [1.82, 2.24) is 4.57 Å². The van der Waals surface area contributed by atoms with E-state index in [1.54, 1.807) is 0 Å². The molecule has 2 heteroatoms. The first kappa shape index (κ1) is 25.7. The molecule has 0 atom stereocenters. The van der Waals surface area contributed by atoms with Crippen molar-refractivity contribution in [2.24, 2.45) is 0 Å². The normalized spacial score (nSPS) is 12.3. The second kappa shape index (κ2) is 9.97. The molecule has 8 aromatic carbocycles. The number of hydrogen-bond acceptors (Lipinski definition) is 1. The van der Waals surface area contributed by atoms with Gasteiger partial charge in [0.15, 0.2) is 0 Å². The number of nitrogens with zero attached hydrogens (tertiary/aromatic N) is 1. The highest BCUT2D eigenvalue weighted by Gasteiger charge is 2.21. The van der Waals surface area contributed by atoms with Crippen LogP contribution in [0.15, 0.2) is 174 Å². The smallest absolute Gasteiger partial charge is 0.0619 e. The lowest BCUT2D eigenvalue weighted by atomic mass is 9.89. The van der Waals surface area contributed by atoms with E-state index in [0.29, 0.717) is 0 Å². The molecule has 0 radical (unpaired) electrons. The maximum Gasteiger partial charge on any atom is 0.0619 e. The van der Waals surface area contributed by atoms with Gasteiger partial charge >= 0.3 is 0 Å². The van der Waals surface area contributed by atoms with E-state index in [-0.39, 0.29) is 0 Å². The van der Waals surface area contributed by atoms with Crippen LogP contribution in [0.1, 0.15) is 0 Å². The van der Waals surface area contributed by atoms with Crippen molar-refractivity contribution >= 4 is 55.1 Å². The Labute approximate surface area is 271 Å². The summed E-state index contributed by atoms with van der Waals surface area (Å²) in [5.41, 5.74) is 11.3. The maximum atomic E-state index is 2.43. The van der Waals surface area contributed by atoms with E-state index in [1.165, 1.54) is 92.2 Å². The van der Waals surface area contributed by atoms with E-state index < -0.39 is 0 Å². The SMILES string of the molecule is c1ccc(-n2c3ccccc3c3ccc4c(-c5ccccc5-c5ccc6c(c5)-c5cccc7cccc(c57)S6)cccc4c32)cc1. The zero-order valence-corrected chi connectivity index (χ0v) is 25.8. The number of rotatable bonds is 3. The van der Waals surface area contributed by atoms with Crippen LogP contribution in [0.4, 0.5) is 0 Å². The maximum absolute atomic E-state index is 2.43. The topological polar surface area (TPSA) is 4.93 Å². The van der Waals surface area contributed by atoms with E-state index in [1.807, 2.05) is 11.8 Å². The molecule has 2 heterocycles. The molecular formula is C44H27NS. The molecule has 1 aromatic heterocycles. The second-order valence-corrected chi connectivity index (χ2v) is 13.2. The largest absolute Gasteiger partial charge is 0.309 e. The standard InChI is InChI=1S/C44H27NS/c1-2-13-30(14-3-1)45-40-21-7-6-17-35(40)38-25-24-34-33(18-10-20-37(34)44(38)45)32-16-5-4-15-31(32)29-23-26-41-39(27-29)36-19-8-11-28-12-9-22-42(46-41)43(28)36/h1-27H. The zero-order valence-electron chi connectivity index (χ0n) is 24.9. The molecular weight excluding hydrogens is 575 g/mol. The molecule has 0 aliphatic carbocycles. The summed E-state index contributed by atoms with van der Waals surface area (Å²) in [5, 5.41) is 7.73. The highest BCUT2D eigenvalue weighted by Crippen LogP contribution is 2.49. The van der Waals surface area contributed by atoms with E-state index in [0.717, 1.165) is 0 Å². The van der Waals surface area contributed by atoms with Crippen LogP contribution in [0.25, 0.3) is 82.4 Å². The van der Waals surface area contributed by atoms with Crippen LogP contribution in [0.3, 0.4) is 0 Å². The van der Waals surface area contributed by atoms with Crippen molar-refractivity contribution < 1.29 is 0 Å². The number of benzene rings is 8. The molecule has 0 amide bonds. The second-order valence-electron chi connectivity index (χ2n) is 12.1. The predicted octanol–water partition coefficient (Wildman–Crippen LogP) is 12.6. The van der Waals surface area contributed by atoms with E-state index in [2.05, 4.69) is 168 Å². The van der Waals surface area contributed by atoms with Gasteiger partial charge in [-0.15, -0.1) is 0 Å². The Morgan fingerprint density at radius 2 is 1.07 bits per heavy atom. The van der Waals surface area contributed by atoms with Gasteiger partial charge in [0.05, 0.1) is 11.0 Å². The lowest BCUT2D eigenvalue weighted by molar-refractivity contribution is 1.19. The van der Waals surface area contributed by atoms with Gasteiger partial charge in [0.25, 0.3) is 0 Å². The summed E-state index contributed by atoms with van der Waals surface area (Å²) in [6.45, 7) is 0. The summed E-state index contributed by atoms with van der Waals surface area (Å²) in [7, 11) is 0. The highest BCUT2D eigenvalue weighted by molar-refractivity contribution is 7.99. The van der Waals surface area contributed by atoms with Crippen LogP contribution in [-0.2, 0) is 0 Å². The molecule has 0 N–H and O–H groups in total. The first-order valence-electron chi connectivity index (χ1n) is 15.8. The van der Waals surface area contributed by atoms with Crippen LogP contribution in [0, 0.1) is 0 Å². The van der Waals surface area contributed by atoms with Crippen LogP contribution < -0.4 is 0 Å². The van der Waals surface area contributed by atoms with Gasteiger partial charge < -0.3 is 4.57 Å². The predicted molar refractivity (Wildman–Crippen MR) is 196 cm³/mol. The Hall–Kier alpha value is -5.57. The number of aromatic nitrogens is 1. The van der Waals surface area contributed by atoms with Crippen LogP contribution in [0.5, 0.6) is 0 Å². The van der Waals surface area contributed by atoms with Crippen molar-refractivity contribution in [1.29, 1.82) is 0 Å². The average Bonchev–Trinajstić information content (AvgIpc) is 3.47. The molecule has 1 aliphatic rings. The molecule has 0 spiro atoms. The minimum atomic E-state index is 1.18. The quantitative estimate of drug-likeness (QED) is 0.195. The molecule has 0 saturated carbocycles. The third-order valence-electron chi connectivity index (χ3n) is 9.59.